The van der Waals surface area contributed by atoms with Gasteiger partial charge in [0.15, 0.2) is 0 Å². The summed E-state index contributed by atoms with van der Waals surface area (Å²) in [5.41, 5.74) is 3.07. The summed E-state index contributed by atoms with van der Waals surface area (Å²) in [5, 5.41) is 6.12. The van der Waals surface area contributed by atoms with Crippen LogP contribution in [0.15, 0.2) is 66.9 Å². The third kappa shape index (κ3) is 5.97. The highest BCUT2D eigenvalue weighted by Crippen LogP contribution is 2.20. The first-order chi connectivity index (χ1) is 14.0. The zero-order valence-corrected chi connectivity index (χ0v) is 16.8. The molecule has 29 heavy (non-hydrogen) atoms. The molecule has 0 spiro atoms. The third-order valence-electron chi connectivity index (χ3n) is 4.12. The lowest BCUT2D eigenvalue weighted by atomic mass is 10.2. The van der Waals surface area contributed by atoms with Crippen LogP contribution in [0.1, 0.15) is 29.9 Å². The molecule has 2 aromatic carbocycles. The van der Waals surface area contributed by atoms with Gasteiger partial charge in [-0.2, -0.15) is 0 Å². The van der Waals surface area contributed by atoms with E-state index in [0.717, 1.165) is 28.4 Å². The number of nitrogens with one attached hydrogen (secondary N) is 2. The molecule has 3 aromatic rings. The molecule has 0 aliphatic carbocycles. The molecule has 1 heterocycles. The van der Waals surface area contributed by atoms with E-state index in [-0.39, 0.29) is 12.0 Å². The summed E-state index contributed by atoms with van der Waals surface area (Å²) in [5.74, 6) is 1.39. The van der Waals surface area contributed by atoms with E-state index in [1.807, 2.05) is 68.4 Å². The average Bonchev–Trinajstić information content (AvgIpc) is 2.74. The van der Waals surface area contributed by atoms with Gasteiger partial charge >= 0.3 is 0 Å². The monoisotopic (exact) mass is 391 g/mol. The van der Waals surface area contributed by atoms with Gasteiger partial charge in [-0.3, -0.25) is 4.79 Å². The minimum absolute atomic E-state index is 0.140. The number of benzene rings is 2. The number of nitrogens with zero attached hydrogens (tertiary/aromatic N) is 1. The van der Waals surface area contributed by atoms with Gasteiger partial charge in [-0.05, 0) is 67.9 Å². The second-order valence-corrected chi connectivity index (χ2v) is 6.78. The molecule has 0 aliphatic heterocycles. The maximum Gasteiger partial charge on any atom is 0.270 e. The van der Waals surface area contributed by atoms with Crippen molar-refractivity contribution in [2.45, 2.75) is 26.5 Å². The Labute approximate surface area is 170 Å². The quantitative estimate of drug-likeness (QED) is 0.589. The van der Waals surface area contributed by atoms with Crippen LogP contribution < -0.4 is 20.1 Å². The van der Waals surface area contributed by atoms with E-state index in [4.69, 9.17) is 9.47 Å². The standard InChI is InChI=1S/C23H25N3O3/c1-16(2)29-21-11-6-18(7-12-21)26-19-8-13-22(24-15-19)23(27)25-14-17-4-9-20(28-3)10-5-17/h4-13,15-16,26H,14H2,1-3H3,(H,25,27). The lowest BCUT2D eigenvalue weighted by Gasteiger charge is -2.11. The molecule has 3 rings (SSSR count). The van der Waals surface area contributed by atoms with E-state index >= 15 is 0 Å². The lowest BCUT2D eigenvalue weighted by Crippen LogP contribution is -2.23. The van der Waals surface area contributed by atoms with Crippen molar-refractivity contribution >= 4 is 17.3 Å². The third-order valence-corrected chi connectivity index (χ3v) is 4.12. The number of amides is 1. The molecule has 0 bridgehead atoms. The number of hydrogen-bond acceptors (Lipinski definition) is 5. The first-order valence-corrected chi connectivity index (χ1v) is 9.44. The van der Waals surface area contributed by atoms with Crippen LogP contribution in [0.4, 0.5) is 11.4 Å². The summed E-state index contributed by atoms with van der Waals surface area (Å²) in [6.45, 7) is 4.41. The van der Waals surface area contributed by atoms with Crippen LogP contribution in [0.3, 0.4) is 0 Å². The van der Waals surface area contributed by atoms with Crippen LogP contribution in [0, 0.1) is 0 Å². The fourth-order valence-corrected chi connectivity index (χ4v) is 2.67. The highest BCUT2D eigenvalue weighted by molar-refractivity contribution is 5.92. The average molecular weight is 391 g/mol. The molecule has 0 saturated carbocycles. The van der Waals surface area contributed by atoms with Crippen molar-refractivity contribution in [3.05, 3.63) is 78.1 Å². The Bertz CT molecular complexity index is 921. The van der Waals surface area contributed by atoms with Gasteiger partial charge in [0.1, 0.15) is 17.2 Å². The second-order valence-electron chi connectivity index (χ2n) is 6.78. The van der Waals surface area contributed by atoms with Crippen molar-refractivity contribution in [2.75, 3.05) is 12.4 Å². The Morgan fingerprint density at radius 2 is 1.59 bits per heavy atom. The maximum absolute atomic E-state index is 12.3. The van der Waals surface area contributed by atoms with Crippen molar-refractivity contribution < 1.29 is 14.3 Å². The van der Waals surface area contributed by atoms with Crippen LogP contribution >= 0.6 is 0 Å². The zero-order valence-electron chi connectivity index (χ0n) is 16.8. The van der Waals surface area contributed by atoms with Gasteiger partial charge in [0, 0.05) is 12.2 Å². The van der Waals surface area contributed by atoms with Gasteiger partial charge in [0.25, 0.3) is 5.91 Å². The number of ether oxygens (including phenoxy) is 2. The van der Waals surface area contributed by atoms with Gasteiger partial charge in [-0.25, -0.2) is 4.98 Å². The van der Waals surface area contributed by atoms with Gasteiger partial charge in [-0.15, -0.1) is 0 Å². The fraction of sp³-hybridized carbons (Fsp3) is 0.217. The Hall–Kier alpha value is -3.54. The zero-order chi connectivity index (χ0) is 20.6. The molecule has 150 valence electrons. The van der Waals surface area contributed by atoms with Gasteiger partial charge in [0.05, 0.1) is 25.1 Å². The number of rotatable bonds is 8. The number of aromatic nitrogens is 1. The molecule has 6 nitrogen and oxygen atoms in total. The minimum atomic E-state index is -0.220. The van der Waals surface area contributed by atoms with Crippen LogP contribution in [-0.4, -0.2) is 24.1 Å². The van der Waals surface area contributed by atoms with Crippen LogP contribution in [-0.2, 0) is 6.54 Å². The highest BCUT2D eigenvalue weighted by atomic mass is 16.5. The Morgan fingerprint density at radius 1 is 0.931 bits per heavy atom. The number of anilines is 2. The smallest absolute Gasteiger partial charge is 0.270 e. The summed E-state index contributed by atoms with van der Waals surface area (Å²) in [6, 6.07) is 18.8. The largest absolute Gasteiger partial charge is 0.497 e. The van der Waals surface area contributed by atoms with Crippen molar-refractivity contribution in [3.63, 3.8) is 0 Å². The summed E-state index contributed by atoms with van der Waals surface area (Å²) >= 11 is 0. The predicted molar refractivity (Wildman–Crippen MR) is 114 cm³/mol. The summed E-state index contributed by atoms with van der Waals surface area (Å²) < 4.78 is 10.8. The molecule has 1 amide bonds. The van der Waals surface area contributed by atoms with E-state index in [0.29, 0.717) is 12.2 Å². The lowest BCUT2D eigenvalue weighted by molar-refractivity contribution is 0.0946. The number of carbonyl (C=O) groups is 1. The SMILES string of the molecule is COc1ccc(CNC(=O)c2ccc(Nc3ccc(OC(C)C)cc3)cn2)cc1. The predicted octanol–water partition coefficient (Wildman–Crippen LogP) is 4.55. The van der Waals surface area contributed by atoms with E-state index in [2.05, 4.69) is 15.6 Å². The first kappa shape index (κ1) is 20.2. The maximum atomic E-state index is 12.3. The second kappa shape index (κ2) is 9.59. The molecule has 1 aromatic heterocycles. The number of hydrogen-bond donors (Lipinski definition) is 2. The van der Waals surface area contributed by atoms with Crippen LogP contribution in [0.5, 0.6) is 11.5 Å². The summed E-state index contributed by atoms with van der Waals surface area (Å²) in [4.78, 5) is 16.6. The van der Waals surface area contributed by atoms with E-state index < -0.39 is 0 Å². The molecule has 0 atom stereocenters. The van der Waals surface area contributed by atoms with Gasteiger partial charge < -0.3 is 20.1 Å². The normalized spacial score (nSPS) is 10.5. The molecule has 6 heteroatoms. The number of carbonyl (C=O) groups excluding carboxylic acids is 1. The van der Waals surface area contributed by atoms with Crippen LogP contribution in [0.2, 0.25) is 0 Å². The van der Waals surface area contributed by atoms with Crippen molar-refractivity contribution in [1.29, 1.82) is 0 Å². The molecular formula is C23H25N3O3. The Morgan fingerprint density at radius 3 is 2.17 bits per heavy atom. The Kier molecular flexibility index (Phi) is 6.68. The molecule has 0 fully saturated rings. The van der Waals surface area contributed by atoms with Crippen molar-refractivity contribution in [1.82, 2.24) is 10.3 Å². The topological polar surface area (TPSA) is 72.5 Å². The Balaban J connectivity index is 1.54. The van der Waals surface area contributed by atoms with Gasteiger partial charge in [0.2, 0.25) is 0 Å². The molecule has 0 saturated heterocycles. The highest BCUT2D eigenvalue weighted by Gasteiger charge is 2.07. The molecule has 2 N–H and O–H groups in total. The fourth-order valence-electron chi connectivity index (χ4n) is 2.67. The summed E-state index contributed by atoms with van der Waals surface area (Å²) in [7, 11) is 1.62. The van der Waals surface area contributed by atoms with E-state index in [1.165, 1.54) is 0 Å². The molecule has 0 radical (unpaired) electrons. The van der Waals surface area contributed by atoms with Crippen LogP contribution in [0.25, 0.3) is 0 Å². The minimum Gasteiger partial charge on any atom is -0.497 e. The molecular weight excluding hydrogens is 366 g/mol. The van der Waals surface area contributed by atoms with Crippen molar-refractivity contribution in [2.24, 2.45) is 0 Å². The number of methoxy groups -OCH3 is 1. The van der Waals surface area contributed by atoms with E-state index in [9.17, 15) is 4.79 Å². The number of pyridine rings is 1. The molecule has 0 unspecified atom stereocenters. The van der Waals surface area contributed by atoms with E-state index in [1.54, 1.807) is 19.4 Å². The first-order valence-electron chi connectivity index (χ1n) is 9.44. The molecule has 0 aliphatic rings. The van der Waals surface area contributed by atoms with Crippen molar-refractivity contribution in [3.8, 4) is 11.5 Å². The summed E-state index contributed by atoms with van der Waals surface area (Å²) in [6.07, 6.45) is 1.78. The van der Waals surface area contributed by atoms with Gasteiger partial charge in [-0.1, -0.05) is 12.1 Å².